The minimum atomic E-state index is -2.97. The van der Waals surface area contributed by atoms with Gasteiger partial charge in [0.05, 0.1) is 24.5 Å². The van der Waals surface area contributed by atoms with Gasteiger partial charge in [-0.25, -0.2) is 13.2 Å². The molecule has 0 aromatic heterocycles. The number of carbonyl (C=O) groups excluding carboxylic acids is 1. The number of rotatable bonds is 4. The molecule has 4 nitrogen and oxygen atoms in total. The number of benzene rings is 2. The van der Waals surface area contributed by atoms with E-state index in [-0.39, 0.29) is 29.9 Å². The summed E-state index contributed by atoms with van der Waals surface area (Å²) in [5.41, 5.74) is 1.32. The highest BCUT2D eigenvalue weighted by molar-refractivity contribution is 5.84. The molecule has 2 fully saturated rings. The average Bonchev–Trinajstić information content (AvgIpc) is 3.09. The van der Waals surface area contributed by atoms with Crippen LogP contribution < -0.4 is 0 Å². The third kappa shape index (κ3) is 3.90. The quantitative estimate of drug-likeness (QED) is 0.804. The third-order valence-electron chi connectivity index (χ3n) is 6.40. The summed E-state index contributed by atoms with van der Waals surface area (Å²) >= 11 is 0. The minimum Gasteiger partial charge on any atom is -0.508 e. The van der Waals surface area contributed by atoms with E-state index >= 15 is 0 Å². The highest BCUT2D eigenvalue weighted by Gasteiger charge is 2.49. The molecule has 0 saturated carbocycles. The predicted molar refractivity (Wildman–Crippen MR) is 107 cm³/mol. The average molecular weight is 418 g/mol. The standard InChI is InChI=1S/C23H25F3N2O2/c1-15(16-2-6-18(24)7-3-16)28-13-11-21(22(28)30)27-12-10-20(23(25,26)14-27)17-4-8-19(29)9-5-17/h2-9,15,20-21,29H,10-14H2,1H3/t15-,20+,21-/m0/s1. The van der Waals surface area contributed by atoms with Crippen LogP contribution in [0.3, 0.4) is 0 Å². The summed E-state index contributed by atoms with van der Waals surface area (Å²) in [6.07, 6.45) is 0.749. The number of piperidine rings is 1. The van der Waals surface area contributed by atoms with Crippen molar-refractivity contribution in [2.24, 2.45) is 0 Å². The highest BCUT2D eigenvalue weighted by Crippen LogP contribution is 2.42. The molecule has 30 heavy (non-hydrogen) atoms. The van der Waals surface area contributed by atoms with Crippen LogP contribution in [-0.4, -0.2) is 52.4 Å². The molecule has 7 heteroatoms. The summed E-state index contributed by atoms with van der Waals surface area (Å²) in [7, 11) is 0. The molecule has 2 saturated heterocycles. The number of hydrogen-bond acceptors (Lipinski definition) is 3. The monoisotopic (exact) mass is 418 g/mol. The van der Waals surface area contributed by atoms with Crippen LogP contribution in [0, 0.1) is 5.82 Å². The van der Waals surface area contributed by atoms with Gasteiger partial charge >= 0.3 is 0 Å². The van der Waals surface area contributed by atoms with Crippen LogP contribution in [0.15, 0.2) is 48.5 Å². The van der Waals surface area contributed by atoms with Crippen LogP contribution in [0.1, 0.15) is 42.9 Å². The number of alkyl halides is 2. The Morgan fingerprint density at radius 3 is 2.33 bits per heavy atom. The first kappa shape index (κ1) is 20.7. The largest absolute Gasteiger partial charge is 0.508 e. The number of aromatic hydroxyl groups is 1. The molecule has 0 bridgehead atoms. The van der Waals surface area contributed by atoms with Crippen molar-refractivity contribution in [2.45, 2.75) is 43.7 Å². The van der Waals surface area contributed by atoms with Gasteiger partial charge in [0.1, 0.15) is 11.6 Å². The van der Waals surface area contributed by atoms with Crippen LogP contribution in [0.2, 0.25) is 0 Å². The van der Waals surface area contributed by atoms with Gasteiger partial charge < -0.3 is 10.0 Å². The number of halogens is 3. The molecule has 1 N–H and O–H groups in total. The van der Waals surface area contributed by atoms with Crippen molar-refractivity contribution < 1.29 is 23.1 Å². The molecule has 1 amide bonds. The van der Waals surface area contributed by atoms with Crippen LogP contribution in [-0.2, 0) is 4.79 Å². The lowest BCUT2D eigenvalue weighted by Gasteiger charge is -2.40. The van der Waals surface area contributed by atoms with Crippen molar-refractivity contribution in [3.63, 3.8) is 0 Å². The Bertz CT molecular complexity index is 902. The number of phenolic OH excluding ortho intramolecular Hbond substituents is 1. The fraction of sp³-hybridized carbons (Fsp3) is 0.435. The van der Waals surface area contributed by atoms with Gasteiger partial charge in [0, 0.05) is 6.54 Å². The fourth-order valence-corrected chi connectivity index (χ4v) is 4.68. The normalized spacial score (nSPS) is 25.5. The van der Waals surface area contributed by atoms with Crippen molar-refractivity contribution in [1.29, 1.82) is 0 Å². The third-order valence-corrected chi connectivity index (χ3v) is 6.40. The summed E-state index contributed by atoms with van der Waals surface area (Å²) in [5, 5.41) is 9.41. The first-order valence-electron chi connectivity index (χ1n) is 10.2. The zero-order valence-electron chi connectivity index (χ0n) is 16.8. The van der Waals surface area contributed by atoms with Gasteiger partial charge in [0.2, 0.25) is 5.91 Å². The smallest absolute Gasteiger partial charge is 0.267 e. The van der Waals surface area contributed by atoms with E-state index in [4.69, 9.17) is 0 Å². The fourth-order valence-electron chi connectivity index (χ4n) is 4.68. The second-order valence-corrected chi connectivity index (χ2v) is 8.23. The molecule has 2 heterocycles. The first-order chi connectivity index (χ1) is 14.3. The number of phenols is 1. The van der Waals surface area contributed by atoms with Crippen LogP contribution in [0.25, 0.3) is 0 Å². The Balaban J connectivity index is 1.44. The van der Waals surface area contributed by atoms with E-state index in [1.54, 1.807) is 21.9 Å². The van der Waals surface area contributed by atoms with E-state index in [1.807, 2.05) is 6.92 Å². The molecule has 4 rings (SSSR count). The van der Waals surface area contributed by atoms with Crippen molar-refractivity contribution in [3.05, 3.63) is 65.5 Å². The van der Waals surface area contributed by atoms with E-state index in [9.17, 15) is 23.1 Å². The minimum absolute atomic E-state index is 0.0476. The maximum absolute atomic E-state index is 15.0. The number of nitrogens with zero attached hydrogens (tertiary/aromatic N) is 2. The molecule has 0 spiro atoms. The Morgan fingerprint density at radius 2 is 1.70 bits per heavy atom. The van der Waals surface area contributed by atoms with Gasteiger partial charge in [-0.2, -0.15) is 0 Å². The molecule has 2 aromatic rings. The van der Waals surface area contributed by atoms with Crippen molar-refractivity contribution >= 4 is 5.91 Å². The Labute approximate surface area is 173 Å². The molecule has 0 aliphatic carbocycles. The maximum atomic E-state index is 15.0. The first-order valence-corrected chi connectivity index (χ1v) is 10.2. The van der Waals surface area contributed by atoms with E-state index in [1.165, 1.54) is 36.4 Å². The molecule has 2 aliphatic rings. The van der Waals surface area contributed by atoms with Crippen molar-refractivity contribution in [3.8, 4) is 5.75 Å². The van der Waals surface area contributed by atoms with Crippen LogP contribution >= 0.6 is 0 Å². The summed E-state index contributed by atoms with van der Waals surface area (Å²) in [6.45, 7) is 2.31. The van der Waals surface area contributed by atoms with Crippen LogP contribution in [0.5, 0.6) is 5.75 Å². The summed E-state index contributed by atoms with van der Waals surface area (Å²) < 4.78 is 43.1. The number of amides is 1. The van der Waals surface area contributed by atoms with Gasteiger partial charge in [-0.05, 0) is 61.7 Å². The van der Waals surface area contributed by atoms with Crippen molar-refractivity contribution in [1.82, 2.24) is 9.80 Å². The molecule has 160 valence electrons. The second-order valence-electron chi connectivity index (χ2n) is 8.23. The Hall–Kier alpha value is -2.54. The van der Waals surface area contributed by atoms with Gasteiger partial charge in [-0.15, -0.1) is 0 Å². The maximum Gasteiger partial charge on any atom is 0.267 e. The molecular formula is C23H25F3N2O2. The van der Waals surface area contributed by atoms with Gasteiger partial charge in [-0.1, -0.05) is 24.3 Å². The lowest BCUT2D eigenvalue weighted by molar-refractivity contribution is -0.139. The molecule has 0 radical (unpaired) electrons. The second kappa shape index (κ2) is 7.95. The lowest BCUT2D eigenvalue weighted by Crippen LogP contribution is -2.53. The molecule has 2 aliphatic heterocycles. The van der Waals surface area contributed by atoms with E-state index in [0.29, 0.717) is 25.1 Å². The highest BCUT2D eigenvalue weighted by atomic mass is 19.3. The zero-order chi connectivity index (χ0) is 21.5. The SMILES string of the molecule is C[C@@H](c1ccc(F)cc1)N1CC[C@H](N2CC[C@H](c3ccc(O)cc3)C(F)(F)C2)C1=O. The topological polar surface area (TPSA) is 43.8 Å². The lowest BCUT2D eigenvalue weighted by atomic mass is 9.85. The predicted octanol–water partition coefficient (Wildman–Crippen LogP) is 4.32. The Morgan fingerprint density at radius 1 is 1.03 bits per heavy atom. The van der Waals surface area contributed by atoms with E-state index in [2.05, 4.69) is 0 Å². The molecule has 0 unspecified atom stereocenters. The van der Waals surface area contributed by atoms with Gasteiger partial charge in [0.25, 0.3) is 5.92 Å². The van der Waals surface area contributed by atoms with E-state index in [0.717, 1.165) is 5.56 Å². The summed E-state index contributed by atoms with van der Waals surface area (Å²) in [6, 6.07) is 11.2. The van der Waals surface area contributed by atoms with Gasteiger partial charge in [0.15, 0.2) is 0 Å². The van der Waals surface area contributed by atoms with E-state index < -0.39 is 24.4 Å². The van der Waals surface area contributed by atoms with Crippen molar-refractivity contribution in [2.75, 3.05) is 19.6 Å². The van der Waals surface area contributed by atoms with Gasteiger partial charge in [-0.3, -0.25) is 9.69 Å². The number of carbonyl (C=O) groups is 1. The summed E-state index contributed by atoms with van der Waals surface area (Å²) in [5.74, 6) is -4.33. The molecular weight excluding hydrogens is 393 g/mol. The molecule has 3 atom stereocenters. The molecule has 2 aromatic carbocycles. The number of likely N-dealkylation sites (tertiary alicyclic amines) is 2. The van der Waals surface area contributed by atoms with Crippen LogP contribution in [0.4, 0.5) is 13.2 Å². The summed E-state index contributed by atoms with van der Waals surface area (Å²) in [4.78, 5) is 16.3. The number of hydrogen-bond donors (Lipinski definition) is 1. The Kier molecular flexibility index (Phi) is 5.49. The zero-order valence-corrected chi connectivity index (χ0v) is 16.8.